The van der Waals surface area contributed by atoms with Crippen molar-refractivity contribution in [2.45, 2.75) is 26.4 Å². The van der Waals surface area contributed by atoms with Gasteiger partial charge in [0, 0.05) is 38.1 Å². The predicted octanol–water partition coefficient (Wildman–Crippen LogP) is 3.94. The number of fused-ring (bicyclic) bond motifs is 2. The van der Waals surface area contributed by atoms with Crippen molar-refractivity contribution in [3.63, 3.8) is 0 Å². The number of nitrogens with zero attached hydrogens (tertiary/aromatic N) is 6. The lowest BCUT2D eigenvalue weighted by molar-refractivity contribution is 0.0820. The summed E-state index contributed by atoms with van der Waals surface area (Å²) >= 11 is 8.97. The number of carbonyl (C=O) groups is 1. The number of hydrogen-bond acceptors (Lipinski definition) is 5. The number of rotatable bonds is 2. The molecule has 0 N–H and O–H groups in total. The van der Waals surface area contributed by atoms with Crippen LogP contribution in [0.15, 0.2) is 10.5 Å². The molecule has 0 fully saturated rings. The molecule has 0 atom stereocenters. The summed E-state index contributed by atoms with van der Waals surface area (Å²) in [6.07, 6.45) is 0.703. The number of carbonyl (C=O) groups excluding carboxylic acids is 1. The van der Waals surface area contributed by atoms with Gasteiger partial charge in [-0.1, -0.05) is 0 Å². The van der Waals surface area contributed by atoms with Crippen LogP contribution in [0.1, 0.15) is 28.2 Å². The molecule has 1 aromatic carbocycles. The summed E-state index contributed by atoms with van der Waals surface area (Å²) in [5, 5.41) is 4.59. The molecule has 1 aliphatic rings. The summed E-state index contributed by atoms with van der Waals surface area (Å²) in [6.45, 7) is 3.39. The van der Waals surface area contributed by atoms with E-state index in [1.54, 1.807) is 14.1 Å². The van der Waals surface area contributed by atoms with Crippen LogP contribution in [0, 0.1) is 18.6 Å². The van der Waals surface area contributed by atoms with Gasteiger partial charge < -0.3 is 9.80 Å². The number of aromatic nitrogens is 4. The Hall–Kier alpha value is -2.33. The van der Waals surface area contributed by atoms with Gasteiger partial charge in [-0.2, -0.15) is 10.1 Å². The first-order chi connectivity index (χ1) is 14.2. The van der Waals surface area contributed by atoms with Crippen LogP contribution in [-0.4, -0.2) is 51.2 Å². The number of aryl methyl sites for hydroxylation is 1. The van der Waals surface area contributed by atoms with E-state index in [1.807, 2.05) is 16.5 Å². The minimum Gasteiger partial charge on any atom is -0.350 e. The van der Waals surface area contributed by atoms with Crippen LogP contribution in [0.2, 0.25) is 5.28 Å². The highest BCUT2D eigenvalue weighted by Crippen LogP contribution is 2.34. The van der Waals surface area contributed by atoms with Gasteiger partial charge in [-0.15, -0.1) is 0 Å². The minimum absolute atomic E-state index is 0.0590. The lowest BCUT2D eigenvalue weighted by atomic mass is 10.1. The normalized spacial score (nSPS) is 14.0. The molecule has 1 amide bonds. The molecule has 0 saturated heterocycles. The molecule has 3 aromatic rings. The van der Waals surface area contributed by atoms with Crippen molar-refractivity contribution >= 4 is 50.2 Å². The van der Waals surface area contributed by atoms with E-state index in [4.69, 9.17) is 11.6 Å². The zero-order chi connectivity index (χ0) is 21.7. The lowest BCUT2D eigenvalue weighted by Crippen LogP contribution is -2.25. The maximum absolute atomic E-state index is 14.6. The third-order valence-corrected chi connectivity index (χ3v) is 6.04. The first-order valence-electron chi connectivity index (χ1n) is 9.22. The SMILES string of the molecule is Cc1c(C(=O)N(C)C)nn2c1CN(c1nc(Cl)nc3c(F)c(Br)c(F)cc13)CCC2. The van der Waals surface area contributed by atoms with Crippen LogP contribution in [0.3, 0.4) is 0 Å². The van der Waals surface area contributed by atoms with Gasteiger partial charge in [-0.05, 0) is 46.9 Å². The van der Waals surface area contributed by atoms with Crippen LogP contribution >= 0.6 is 27.5 Å². The number of benzene rings is 1. The molecule has 0 spiro atoms. The third-order valence-electron chi connectivity index (χ3n) is 5.15. The number of anilines is 1. The Bertz CT molecular complexity index is 1180. The van der Waals surface area contributed by atoms with E-state index in [1.165, 1.54) is 11.0 Å². The average molecular weight is 500 g/mol. The van der Waals surface area contributed by atoms with Gasteiger partial charge in [-0.25, -0.2) is 13.8 Å². The standard InChI is InChI=1S/C19H18BrClF2N6O/c1-9-12-8-28(5-4-6-29(12)26-15(9)18(30)27(2)3)17-10-7-11(22)13(20)14(23)16(10)24-19(21)25-17/h7H,4-6,8H2,1-3H3. The Morgan fingerprint density at radius 1 is 1.27 bits per heavy atom. The summed E-state index contributed by atoms with van der Waals surface area (Å²) < 4.78 is 30.4. The second-order valence-electron chi connectivity index (χ2n) is 7.32. The monoisotopic (exact) mass is 498 g/mol. The minimum atomic E-state index is -0.828. The molecule has 11 heteroatoms. The van der Waals surface area contributed by atoms with Crippen molar-refractivity contribution < 1.29 is 13.6 Å². The fraction of sp³-hybridized carbons (Fsp3) is 0.368. The smallest absolute Gasteiger partial charge is 0.274 e. The van der Waals surface area contributed by atoms with Crippen LogP contribution in [0.4, 0.5) is 14.6 Å². The molecule has 30 heavy (non-hydrogen) atoms. The van der Waals surface area contributed by atoms with Gasteiger partial charge in [-0.3, -0.25) is 9.48 Å². The van der Waals surface area contributed by atoms with Gasteiger partial charge in [0.25, 0.3) is 5.91 Å². The summed E-state index contributed by atoms with van der Waals surface area (Å²) in [7, 11) is 3.35. The first kappa shape index (κ1) is 20.9. The van der Waals surface area contributed by atoms with Gasteiger partial charge in [0.05, 0.1) is 16.7 Å². The molecule has 4 rings (SSSR count). The van der Waals surface area contributed by atoms with Gasteiger partial charge >= 0.3 is 0 Å². The second kappa shape index (κ2) is 7.73. The first-order valence-corrected chi connectivity index (χ1v) is 10.4. The van der Waals surface area contributed by atoms with Crippen LogP contribution < -0.4 is 4.90 Å². The molecule has 7 nitrogen and oxygen atoms in total. The summed E-state index contributed by atoms with van der Waals surface area (Å²) in [5.74, 6) is -1.42. The average Bonchev–Trinajstić information content (AvgIpc) is 2.87. The topological polar surface area (TPSA) is 67.2 Å². The van der Waals surface area contributed by atoms with Crippen molar-refractivity contribution in [3.8, 4) is 0 Å². The van der Waals surface area contributed by atoms with E-state index in [0.717, 1.165) is 11.3 Å². The Balaban J connectivity index is 1.84. The fourth-order valence-corrected chi connectivity index (χ4v) is 4.08. The van der Waals surface area contributed by atoms with E-state index in [-0.39, 0.29) is 26.6 Å². The quantitative estimate of drug-likeness (QED) is 0.395. The molecule has 0 unspecified atom stereocenters. The lowest BCUT2D eigenvalue weighted by Gasteiger charge is -2.23. The zero-order valence-corrected chi connectivity index (χ0v) is 18.9. The number of hydrogen-bond donors (Lipinski definition) is 0. The molecule has 0 radical (unpaired) electrons. The van der Waals surface area contributed by atoms with Crippen LogP contribution in [-0.2, 0) is 13.1 Å². The van der Waals surface area contributed by atoms with E-state index in [9.17, 15) is 13.6 Å². The molecule has 0 aliphatic carbocycles. The van der Waals surface area contributed by atoms with Crippen molar-refractivity contribution in [1.82, 2.24) is 24.6 Å². The second-order valence-corrected chi connectivity index (χ2v) is 8.45. The Labute approximate surface area is 184 Å². The summed E-state index contributed by atoms with van der Waals surface area (Å²) in [6, 6.07) is 1.20. The van der Waals surface area contributed by atoms with Crippen molar-refractivity contribution in [1.29, 1.82) is 0 Å². The molecule has 1 aliphatic heterocycles. The number of halogens is 4. The van der Waals surface area contributed by atoms with E-state index >= 15 is 0 Å². The highest BCUT2D eigenvalue weighted by atomic mass is 79.9. The fourth-order valence-electron chi connectivity index (χ4n) is 3.61. The van der Waals surface area contributed by atoms with Crippen molar-refractivity contribution in [2.75, 3.05) is 25.5 Å². The molecule has 158 valence electrons. The maximum Gasteiger partial charge on any atom is 0.274 e. The Morgan fingerprint density at radius 2 is 2.00 bits per heavy atom. The van der Waals surface area contributed by atoms with E-state index in [2.05, 4.69) is 31.0 Å². The van der Waals surface area contributed by atoms with Gasteiger partial charge in [0.2, 0.25) is 5.28 Å². The molecule has 2 aromatic heterocycles. The van der Waals surface area contributed by atoms with Crippen LogP contribution in [0.25, 0.3) is 10.9 Å². The van der Waals surface area contributed by atoms with Crippen molar-refractivity contribution in [2.24, 2.45) is 0 Å². The maximum atomic E-state index is 14.6. The highest BCUT2D eigenvalue weighted by Gasteiger charge is 2.27. The predicted molar refractivity (Wildman–Crippen MR) is 113 cm³/mol. The van der Waals surface area contributed by atoms with Crippen molar-refractivity contribution in [3.05, 3.63) is 44.4 Å². The zero-order valence-electron chi connectivity index (χ0n) is 16.5. The molecule has 0 bridgehead atoms. The van der Waals surface area contributed by atoms with E-state index in [0.29, 0.717) is 37.6 Å². The highest BCUT2D eigenvalue weighted by molar-refractivity contribution is 9.10. The Kier molecular flexibility index (Phi) is 5.39. The molecular formula is C19H18BrClF2N6O. The molecule has 0 saturated carbocycles. The molecular weight excluding hydrogens is 482 g/mol. The Morgan fingerprint density at radius 3 is 2.70 bits per heavy atom. The summed E-state index contributed by atoms with van der Waals surface area (Å²) in [4.78, 5) is 24.1. The summed E-state index contributed by atoms with van der Waals surface area (Å²) in [5.41, 5.74) is 1.95. The van der Waals surface area contributed by atoms with Gasteiger partial charge in [0.15, 0.2) is 11.5 Å². The van der Waals surface area contributed by atoms with Gasteiger partial charge in [0.1, 0.15) is 17.2 Å². The largest absolute Gasteiger partial charge is 0.350 e. The van der Waals surface area contributed by atoms with Crippen LogP contribution in [0.5, 0.6) is 0 Å². The number of amides is 1. The third kappa shape index (κ3) is 3.41. The van der Waals surface area contributed by atoms with E-state index < -0.39 is 11.6 Å². The molecule has 3 heterocycles.